The first-order valence-corrected chi connectivity index (χ1v) is 10.5. The highest BCUT2D eigenvalue weighted by atomic mass is 32.1. The molecular formula is C19H31N5O2S. The highest BCUT2D eigenvalue weighted by Crippen LogP contribution is 2.20. The number of urea groups is 1. The lowest BCUT2D eigenvalue weighted by Crippen LogP contribution is -2.43. The van der Waals surface area contributed by atoms with E-state index in [0.29, 0.717) is 38.4 Å². The lowest BCUT2D eigenvalue weighted by molar-refractivity contribution is -0.130. The monoisotopic (exact) mass is 393 g/mol. The second kappa shape index (κ2) is 9.73. The first kappa shape index (κ1) is 21.2. The number of carbonyl (C=O) groups is 2. The molecule has 0 radical (unpaired) electrons. The third-order valence-corrected chi connectivity index (χ3v) is 5.58. The maximum atomic E-state index is 12.4. The molecular weight excluding hydrogens is 362 g/mol. The molecule has 2 heterocycles. The Kier molecular flexibility index (Phi) is 7.65. The number of guanidine groups is 1. The Morgan fingerprint density at radius 1 is 1.37 bits per heavy atom. The zero-order chi connectivity index (χ0) is 19.9. The van der Waals surface area contributed by atoms with Crippen molar-refractivity contribution in [2.75, 3.05) is 26.2 Å². The van der Waals surface area contributed by atoms with Crippen LogP contribution in [0, 0.1) is 0 Å². The summed E-state index contributed by atoms with van der Waals surface area (Å²) in [6.07, 6.45) is 1.26. The standard InChI is InChI=1S/C19H31N5O2S/c1-5-19(4)16(25)24(18(26)23-19)10-7-9-21-17(20-6-2)22-12-14(3)15-8-11-27-13-15/h8,11,13-14H,5-7,9-10,12H2,1-4H3,(H,23,26)(H2,20,21,22). The normalized spacial score (nSPS) is 21.3. The van der Waals surface area contributed by atoms with Crippen LogP contribution in [-0.4, -0.2) is 54.5 Å². The minimum Gasteiger partial charge on any atom is -0.357 e. The van der Waals surface area contributed by atoms with Gasteiger partial charge in [0.25, 0.3) is 5.91 Å². The van der Waals surface area contributed by atoms with Crippen LogP contribution >= 0.6 is 11.3 Å². The maximum absolute atomic E-state index is 12.4. The second-order valence-corrected chi connectivity index (χ2v) is 7.81. The number of carbonyl (C=O) groups excluding carboxylic acids is 2. The number of imide groups is 1. The van der Waals surface area contributed by atoms with E-state index < -0.39 is 5.54 Å². The van der Waals surface area contributed by atoms with Gasteiger partial charge in [-0.1, -0.05) is 13.8 Å². The maximum Gasteiger partial charge on any atom is 0.325 e. The van der Waals surface area contributed by atoms with Gasteiger partial charge in [-0.05, 0) is 49.1 Å². The fourth-order valence-electron chi connectivity index (χ4n) is 2.86. The van der Waals surface area contributed by atoms with Gasteiger partial charge in [0.15, 0.2) is 5.96 Å². The summed E-state index contributed by atoms with van der Waals surface area (Å²) in [5, 5.41) is 13.5. The zero-order valence-electron chi connectivity index (χ0n) is 16.7. The summed E-state index contributed by atoms with van der Waals surface area (Å²) in [4.78, 5) is 30.4. The molecule has 1 aromatic heterocycles. The zero-order valence-corrected chi connectivity index (χ0v) is 17.5. The number of aliphatic imine (C=N–C) groups is 1. The largest absolute Gasteiger partial charge is 0.357 e. The van der Waals surface area contributed by atoms with Crippen LogP contribution in [0.3, 0.4) is 0 Å². The predicted octanol–water partition coefficient (Wildman–Crippen LogP) is 2.52. The Morgan fingerprint density at radius 3 is 2.74 bits per heavy atom. The van der Waals surface area contributed by atoms with E-state index in [0.717, 1.165) is 12.5 Å². The third-order valence-electron chi connectivity index (χ3n) is 4.88. The van der Waals surface area contributed by atoms with Crippen molar-refractivity contribution >= 4 is 29.2 Å². The van der Waals surface area contributed by atoms with Gasteiger partial charge in [-0.15, -0.1) is 0 Å². The average Bonchev–Trinajstić information content (AvgIpc) is 3.25. The molecule has 1 aliphatic rings. The Labute approximate surface area is 165 Å². The van der Waals surface area contributed by atoms with Crippen molar-refractivity contribution in [3.8, 4) is 0 Å². The van der Waals surface area contributed by atoms with E-state index in [9.17, 15) is 9.59 Å². The molecule has 0 aliphatic carbocycles. The van der Waals surface area contributed by atoms with Gasteiger partial charge in [0.2, 0.25) is 0 Å². The van der Waals surface area contributed by atoms with E-state index in [2.05, 4.69) is 44.7 Å². The van der Waals surface area contributed by atoms with E-state index in [-0.39, 0.29) is 11.9 Å². The van der Waals surface area contributed by atoms with Crippen molar-refractivity contribution in [3.05, 3.63) is 22.4 Å². The molecule has 2 rings (SSSR count). The van der Waals surface area contributed by atoms with Gasteiger partial charge in [-0.2, -0.15) is 11.3 Å². The van der Waals surface area contributed by atoms with E-state index in [1.54, 1.807) is 18.3 Å². The van der Waals surface area contributed by atoms with Crippen LogP contribution < -0.4 is 16.0 Å². The Hall–Kier alpha value is -2.09. The van der Waals surface area contributed by atoms with Gasteiger partial charge in [0, 0.05) is 32.1 Å². The molecule has 150 valence electrons. The van der Waals surface area contributed by atoms with Crippen LogP contribution in [0.4, 0.5) is 4.79 Å². The van der Waals surface area contributed by atoms with Crippen molar-refractivity contribution in [3.63, 3.8) is 0 Å². The number of thiophene rings is 1. The summed E-state index contributed by atoms with van der Waals surface area (Å²) in [6.45, 7) is 10.4. The van der Waals surface area contributed by atoms with E-state index >= 15 is 0 Å². The van der Waals surface area contributed by atoms with Gasteiger partial charge >= 0.3 is 6.03 Å². The summed E-state index contributed by atoms with van der Waals surface area (Å²) in [6, 6.07) is 1.84. The summed E-state index contributed by atoms with van der Waals surface area (Å²) in [5.41, 5.74) is 0.538. The first-order valence-electron chi connectivity index (χ1n) is 9.59. The number of nitrogens with one attached hydrogen (secondary N) is 3. The van der Waals surface area contributed by atoms with Gasteiger partial charge in [-0.25, -0.2) is 4.79 Å². The topological polar surface area (TPSA) is 85.8 Å². The molecule has 1 saturated heterocycles. The first-order chi connectivity index (χ1) is 12.9. The smallest absolute Gasteiger partial charge is 0.325 e. The van der Waals surface area contributed by atoms with Crippen molar-refractivity contribution in [2.24, 2.45) is 4.99 Å². The molecule has 0 bridgehead atoms. The molecule has 1 aromatic rings. The molecule has 1 aliphatic heterocycles. The molecule has 7 nitrogen and oxygen atoms in total. The number of amides is 3. The molecule has 3 N–H and O–H groups in total. The van der Waals surface area contributed by atoms with Gasteiger partial charge in [-0.3, -0.25) is 14.7 Å². The minimum atomic E-state index is -0.765. The molecule has 0 saturated carbocycles. The highest BCUT2D eigenvalue weighted by molar-refractivity contribution is 7.07. The van der Waals surface area contributed by atoms with Crippen LogP contribution in [0.25, 0.3) is 0 Å². The number of hydrogen-bond donors (Lipinski definition) is 3. The highest BCUT2D eigenvalue weighted by Gasteiger charge is 2.45. The quantitative estimate of drug-likeness (QED) is 0.260. The van der Waals surface area contributed by atoms with Crippen LogP contribution in [0.1, 0.15) is 52.0 Å². The Morgan fingerprint density at radius 2 is 2.15 bits per heavy atom. The Bertz CT molecular complexity index is 661. The van der Waals surface area contributed by atoms with Crippen molar-refractivity contribution in [2.45, 2.75) is 52.0 Å². The fraction of sp³-hybridized carbons (Fsp3) is 0.632. The minimum absolute atomic E-state index is 0.139. The van der Waals surface area contributed by atoms with E-state index in [1.807, 2.05) is 13.8 Å². The summed E-state index contributed by atoms with van der Waals surface area (Å²) >= 11 is 1.70. The third kappa shape index (κ3) is 5.45. The van der Waals surface area contributed by atoms with Crippen molar-refractivity contribution < 1.29 is 9.59 Å². The molecule has 8 heteroatoms. The van der Waals surface area contributed by atoms with E-state index in [4.69, 9.17) is 0 Å². The predicted molar refractivity (Wildman–Crippen MR) is 110 cm³/mol. The molecule has 27 heavy (non-hydrogen) atoms. The molecule has 2 atom stereocenters. The number of rotatable bonds is 9. The second-order valence-electron chi connectivity index (χ2n) is 7.03. The van der Waals surface area contributed by atoms with Gasteiger partial charge in [0.05, 0.1) is 0 Å². The molecule has 1 fully saturated rings. The summed E-state index contributed by atoms with van der Waals surface area (Å²) in [7, 11) is 0. The van der Waals surface area contributed by atoms with Gasteiger partial charge < -0.3 is 16.0 Å². The van der Waals surface area contributed by atoms with E-state index in [1.165, 1.54) is 10.5 Å². The molecule has 3 amide bonds. The molecule has 0 aromatic carbocycles. The van der Waals surface area contributed by atoms with Crippen LogP contribution in [0.15, 0.2) is 21.8 Å². The molecule has 0 spiro atoms. The fourth-order valence-corrected chi connectivity index (χ4v) is 3.65. The van der Waals surface area contributed by atoms with Crippen molar-refractivity contribution in [1.82, 2.24) is 20.9 Å². The lowest BCUT2D eigenvalue weighted by Gasteiger charge is -2.19. The summed E-state index contributed by atoms with van der Waals surface area (Å²) in [5.74, 6) is 0.986. The Balaban J connectivity index is 1.80. The van der Waals surface area contributed by atoms with Crippen molar-refractivity contribution in [1.29, 1.82) is 0 Å². The SMILES string of the molecule is CCNC(=NCC(C)c1ccsc1)NCCCN1C(=O)NC(C)(CC)C1=O. The van der Waals surface area contributed by atoms with Gasteiger partial charge in [0.1, 0.15) is 5.54 Å². The van der Waals surface area contributed by atoms with Crippen LogP contribution in [0.5, 0.6) is 0 Å². The molecule has 2 unspecified atom stereocenters. The van der Waals surface area contributed by atoms with Crippen LogP contribution in [0.2, 0.25) is 0 Å². The summed E-state index contributed by atoms with van der Waals surface area (Å²) < 4.78 is 0. The average molecular weight is 394 g/mol. The lowest BCUT2D eigenvalue weighted by atomic mass is 9.99. The number of hydrogen-bond acceptors (Lipinski definition) is 4. The number of nitrogens with zero attached hydrogens (tertiary/aromatic N) is 2. The van der Waals surface area contributed by atoms with Crippen LogP contribution in [-0.2, 0) is 4.79 Å².